The normalized spacial score (nSPS) is 14.5. The van der Waals surface area contributed by atoms with Crippen LogP contribution in [0.2, 0.25) is 0 Å². The molecule has 2 heterocycles. The standard InChI is InChI=1S/C11H12BrN3/c12-8-4-7-2-1-3-15-6-10(14-13)9(5-8)11(7)15/h4-6,14H,1-3,13H2. The molecule has 4 heteroatoms. The van der Waals surface area contributed by atoms with Gasteiger partial charge in [-0.1, -0.05) is 15.9 Å². The van der Waals surface area contributed by atoms with Gasteiger partial charge in [0.05, 0.1) is 11.2 Å². The first-order chi connectivity index (χ1) is 7.29. The molecule has 1 aliphatic rings. The number of benzene rings is 1. The van der Waals surface area contributed by atoms with Gasteiger partial charge in [-0.15, -0.1) is 0 Å². The third-order valence-corrected chi connectivity index (χ3v) is 3.47. The van der Waals surface area contributed by atoms with E-state index in [2.05, 4.69) is 44.3 Å². The Morgan fingerprint density at radius 2 is 2.27 bits per heavy atom. The Morgan fingerprint density at radius 1 is 1.40 bits per heavy atom. The van der Waals surface area contributed by atoms with E-state index in [0.29, 0.717) is 0 Å². The molecule has 0 aliphatic carbocycles. The molecule has 3 nitrogen and oxygen atoms in total. The average Bonchev–Trinajstić information content (AvgIpc) is 2.58. The molecule has 1 aromatic heterocycles. The van der Waals surface area contributed by atoms with Crippen LogP contribution in [0.3, 0.4) is 0 Å². The van der Waals surface area contributed by atoms with Crippen molar-refractivity contribution in [2.24, 2.45) is 5.84 Å². The lowest BCUT2D eigenvalue weighted by atomic mass is 10.0. The second-order valence-corrected chi connectivity index (χ2v) is 4.86. The van der Waals surface area contributed by atoms with Gasteiger partial charge in [0.2, 0.25) is 0 Å². The fourth-order valence-electron chi connectivity index (χ4n) is 2.41. The molecule has 78 valence electrons. The summed E-state index contributed by atoms with van der Waals surface area (Å²) in [4.78, 5) is 0. The molecule has 0 fully saturated rings. The number of rotatable bonds is 1. The average molecular weight is 266 g/mol. The van der Waals surface area contributed by atoms with Crippen molar-refractivity contribution in [2.75, 3.05) is 5.43 Å². The van der Waals surface area contributed by atoms with Gasteiger partial charge in [-0.05, 0) is 30.5 Å². The van der Waals surface area contributed by atoms with Crippen LogP contribution in [0.25, 0.3) is 10.9 Å². The van der Waals surface area contributed by atoms with Crippen LogP contribution in [0.1, 0.15) is 12.0 Å². The molecule has 3 N–H and O–H groups in total. The van der Waals surface area contributed by atoms with Gasteiger partial charge in [0.15, 0.2) is 0 Å². The molecule has 0 saturated heterocycles. The van der Waals surface area contributed by atoms with Gasteiger partial charge < -0.3 is 9.99 Å². The number of nitrogens with zero attached hydrogens (tertiary/aromatic N) is 1. The maximum absolute atomic E-state index is 5.53. The van der Waals surface area contributed by atoms with Crippen molar-refractivity contribution in [3.63, 3.8) is 0 Å². The number of halogens is 1. The summed E-state index contributed by atoms with van der Waals surface area (Å²) in [7, 11) is 0. The van der Waals surface area contributed by atoms with E-state index in [-0.39, 0.29) is 0 Å². The molecule has 1 aliphatic heterocycles. The summed E-state index contributed by atoms with van der Waals surface area (Å²) < 4.78 is 3.41. The first-order valence-electron chi connectivity index (χ1n) is 5.07. The van der Waals surface area contributed by atoms with Gasteiger partial charge in [-0.2, -0.15) is 0 Å². The maximum Gasteiger partial charge on any atom is 0.0742 e. The number of nitrogen functional groups attached to an aromatic ring is 1. The molecule has 15 heavy (non-hydrogen) atoms. The molecule has 0 amide bonds. The van der Waals surface area contributed by atoms with Crippen LogP contribution < -0.4 is 11.3 Å². The quantitative estimate of drug-likeness (QED) is 0.615. The number of aryl methyl sites for hydroxylation is 2. The predicted octanol–water partition coefficient (Wildman–Crippen LogP) is 2.64. The van der Waals surface area contributed by atoms with E-state index in [1.54, 1.807) is 0 Å². The Labute approximate surface area is 96.3 Å². The van der Waals surface area contributed by atoms with Gasteiger partial charge >= 0.3 is 0 Å². The van der Waals surface area contributed by atoms with Gasteiger partial charge in [0.1, 0.15) is 0 Å². The number of anilines is 1. The molecule has 1 aromatic carbocycles. The van der Waals surface area contributed by atoms with Crippen molar-refractivity contribution in [3.8, 4) is 0 Å². The van der Waals surface area contributed by atoms with Crippen molar-refractivity contribution >= 4 is 32.5 Å². The highest BCUT2D eigenvalue weighted by Gasteiger charge is 2.16. The lowest BCUT2D eigenvalue weighted by Crippen LogP contribution is -2.06. The minimum atomic E-state index is 1.01. The van der Waals surface area contributed by atoms with E-state index in [1.807, 2.05) is 0 Å². The van der Waals surface area contributed by atoms with Gasteiger partial charge in [0.25, 0.3) is 0 Å². The van der Waals surface area contributed by atoms with Crippen molar-refractivity contribution < 1.29 is 0 Å². The molecule has 0 saturated carbocycles. The van der Waals surface area contributed by atoms with Crippen molar-refractivity contribution in [1.82, 2.24) is 4.57 Å². The van der Waals surface area contributed by atoms with E-state index in [0.717, 1.165) is 23.1 Å². The fraction of sp³-hybridized carbons (Fsp3) is 0.273. The summed E-state index contributed by atoms with van der Waals surface area (Å²) >= 11 is 3.54. The molecule has 0 radical (unpaired) electrons. The SMILES string of the molecule is NNc1cn2c3c(cc(Br)cc13)CCC2. The third kappa shape index (κ3) is 1.28. The summed E-state index contributed by atoms with van der Waals surface area (Å²) in [6, 6.07) is 4.33. The first-order valence-corrected chi connectivity index (χ1v) is 5.87. The Hall–Kier alpha value is -1.000. The van der Waals surface area contributed by atoms with Gasteiger partial charge in [-0.25, -0.2) is 0 Å². The fourth-order valence-corrected chi connectivity index (χ4v) is 2.92. The molecular formula is C11H12BrN3. The summed E-state index contributed by atoms with van der Waals surface area (Å²) in [5, 5.41) is 1.21. The highest BCUT2D eigenvalue weighted by Crippen LogP contribution is 2.34. The van der Waals surface area contributed by atoms with Crippen LogP contribution in [-0.2, 0) is 13.0 Å². The number of hydrazine groups is 1. The molecule has 3 rings (SSSR count). The third-order valence-electron chi connectivity index (χ3n) is 3.02. The predicted molar refractivity (Wildman–Crippen MR) is 65.8 cm³/mol. The summed E-state index contributed by atoms with van der Waals surface area (Å²) in [5.41, 5.74) is 6.51. The Bertz CT molecular complexity index is 530. The Morgan fingerprint density at radius 3 is 3.07 bits per heavy atom. The van der Waals surface area contributed by atoms with Crippen molar-refractivity contribution in [3.05, 3.63) is 28.4 Å². The van der Waals surface area contributed by atoms with E-state index in [9.17, 15) is 0 Å². The Balaban J connectivity index is 2.43. The first kappa shape index (κ1) is 9.24. The van der Waals surface area contributed by atoms with Gasteiger partial charge in [0, 0.05) is 22.6 Å². The maximum atomic E-state index is 5.53. The molecule has 0 atom stereocenters. The van der Waals surface area contributed by atoms with E-state index in [1.165, 1.54) is 22.9 Å². The van der Waals surface area contributed by atoms with Crippen molar-refractivity contribution in [2.45, 2.75) is 19.4 Å². The zero-order valence-electron chi connectivity index (χ0n) is 8.26. The van der Waals surface area contributed by atoms with Crippen LogP contribution in [0.15, 0.2) is 22.8 Å². The number of aromatic nitrogens is 1. The largest absolute Gasteiger partial charge is 0.345 e. The zero-order valence-corrected chi connectivity index (χ0v) is 9.84. The van der Waals surface area contributed by atoms with Crippen LogP contribution in [0.4, 0.5) is 5.69 Å². The van der Waals surface area contributed by atoms with E-state index in [4.69, 9.17) is 5.84 Å². The highest BCUT2D eigenvalue weighted by atomic mass is 79.9. The smallest absolute Gasteiger partial charge is 0.0742 e. The van der Waals surface area contributed by atoms with Crippen LogP contribution in [-0.4, -0.2) is 4.57 Å². The number of hydrogen-bond donors (Lipinski definition) is 2. The highest BCUT2D eigenvalue weighted by molar-refractivity contribution is 9.10. The van der Waals surface area contributed by atoms with Crippen molar-refractivity contribution in [1.29, 1.82) is 0 Å². The Kier molecular flexibility index (Phi) is 2.00. The minimum absolute atomic E-state index is 1.01. The number of hydrogen-bond acceptors (Lipinski definition) is 2. The molecule has 0 spiro atoms. The minimum Gasteiger partial charge on any atom is -0.345 e. The zero-order chi connectivity index (χ0) is 10.4. The second kappa shape index (κ2) is 3.25. The molecule has 2 aromatic rings. The number of nitrogens with two attached hydrogens (primary N) is 1. The van der Waals surface area contributed by atoms with Crippen LogP contribution in [0, 0.1) is 0 Å². The van der Waals surface area contributed by atoms with E-state index < -0.39 is 0 Å². The lowest BCUT2D eigenvalue weighted by Gasteiger charge is -2.15. The lowest BCUT2D eigenvalue weighted by molar-refractivity contribution is 0.636. The molecule has 0 bridgehead atoms. The molecule has 0 unspecified atom stereocenters. The van der Waals surface area contributed by atoms with Crippen LogP contribution in [0.5, 0.6) is 0 Å². The van der Waals surface area contributed by atoms with Gasteiger partial charge in [-0.3, -0.25) is 5.84 Å². The summed E-state index contributed by atoms with van der Waals surface area (Å²) in [6.07, 6.45) is 4.46. The molecular weight excluding hydrogens is 254 g/mol. The second-order valence-electron chi connectivity index (χ2n) is 3.95. The number of nitrogens with one attached hydrogen (secondary N) is 1. The summed E-state index contributed by atoms with van der Waals surface area (Å²) in [6.45, 7) is 1.09. The van der Waals surface area contributed by atoms with Crippen LogP contribution >= 0.6 is 15.9 Å². The monoisotopic (exact) mass is 265 g/mol. The topological polar surface area (TPSA) is 43.0 Å². The summed E-state index contributed by atoms with van der Waals surface area (Å²) in [5.74, 6) is 5.53. The van der Waals surface area contributed by atoms with E-state index >= 15 is 0 Å².